The number of hydrogen-bond acceptors (Lipinski definition) is 4. The lowest BCUT2D eigenvalue weighted by atomic mass is 9.95. The number of piperidine rings is 1. The Bertz CT molecular complexity index is 1070. The summed E-state index contributed by atoms with van der Waals surface area (Å²) in [5, 5.41) is 4.23. The van der Waals surface area contributed by atoms with Crippen LogP contribution in [0.15, 0.2) is 18.2 Å². The molecule has 0 spiro atoms. The first kappa shape index (κ1) is 19.9. The molecule has 5 nitrogen and oxygen atoms in total. The Morgan fingerprint density at radius 2 is 1.97 bits per heavy atom. The number of likely N-dealkylation sites (tertiary alicyclic amines) is 1. The molecule has 1 aliphatic heterocycles. The number of halogens is 3. The number of carbonyl (C=O) groups is 1. The second kappa shape index (κ2) is 7.12. The maximum absolute atomic E-state index is 13.4. The van der Waals surface area contributed by atoms with Crippen LogP contribution in [-0.2, 0) is 6.18 Å². The number of thiophene rings is 1. The molecule has 1 atom stereocenters. The number of aromatic nitrogens is 3. The van der Waals surface area contributed by atoms with Gasteiger partial charge in [0.15, 0.2) is 5.65 Å². The van der Waals surface area contributed by atoms with Crippen molar-refractivity contribution in [1.29, 1.82) is 0 Å². The average molecular weight is 422 g/mol. The smallest absolute Gasteiger partial charge is 0.337 e. The van der Waals surface area contributed by atoms with E-state index in [0.717, 1.165) is 33.9 Å². The Labute approximate surface area is 170 Å². The third-order valence-corrected chi connectivity index (χ3v) is 6.51. The van der Waals surface area contributed by atoms with E-state index in [0.29, 0.717) is 29.4 Å². The predicted octanol–water partition coefficient (Wildman–Crippen LogP) is 4.75. The number of alkyl halides is 3. The van der Waals surface area contributed by atoms with Gasteiger partial charge in [-0.1, -0.05) is 0 Å². The van der Waals surface area contributed by atoms with Crippen molar-refractivity contribution < 1.29 is 18.0 Å². The summed E-state index contributed by atoms with van der Waals surface area (Å²) in [7, 11) is 0. The fourth-order valence-electron chi connectivity index (χ4n) is 3.76. The van der Waals surface area contributed by atoms with Gasteiger partial charge in [-0.2, -0.15) is 18.3 Å². The first-order valence-electron chi connectivity index (χ1n) is 9.44. The van der Waals surface area contributed by atoms with Crippen LogP contribution in [0, 0.1) is 20.8 Å². The number of amides is 1. The maximum atomic E-state index is 13.4. The minimum absolute atomic E-state index is 0.0235. The molecule has 4 rings (SSSR count). The lowest BCUT2D eigenvalue weighted by molar-refractivity contribution is -0.142. The second-order valence-electron chi connectivity index (χ2n) is 7.56. The predicted molar refractivity (Wildman–Crippen MR) is 104 cm³/mol. The molecule has 1 aliphatic rings. The molecule has 0 aliphatic carbocycles. The van der Waals surface area contributed by atoms with Gasteiger partial charge in [0.1, 0.15) is 5.69 Å². The number of carbonyl (C=O) groups excluding carboxylic acids is 1. The Morgan fingerprint density at radius 3 is 2.62 bits per heavy atom. The van der Waals surface area contributed by atoms with Crippen molar-refractivity contribution in [3.05, 3.63) is 50.6 Å². The van der Waals surface area contributed by atoms with Crippen LogP contribution in [-0.4, -0.2) is 38.5 Å². The van der Waals surface area contributed by atoms with Gasteiger partial charge in [-0.05, 0) is 51.3 Å². The minimum atomic E-state index is -4.52. The van der Waals surface area contributed by atoms with Crippen molar-refractivity contribution >= 4 is 22.9 Å². The molecule has 0 bridgehead atoms. The summed E-state index contributed by atoms with van der Waals surface area (Å²) in [6, 6.07) is 4.52. The van der Waals surface area contributed by atoms with Crippen molar-refractivity contribution in [3.8, 4) is 0 Å². The van der Waals surface area contributed by atoms with Crippen LogP contribution in [0.25, 0.3) is 5.65 Å². The average Bonchev–Trinajstić information content (AvgIpc) is 3.23. The van der Waals surface area contributed by atoms with Gasteiger partial charge in [-0.25, -0.2) is 9.50 Å². The van der Waals surface area contributed by atoms with E-state index in [4.69, 9.17) is 0 Å². The monoisotopic (exact) mass is 422 g/mol. The highest BCUT2D eigenvalue weighted by Crippen LogP contribution is 2.33. The molecular weight excluding hydrogens is 401 g/mol. The van der Waals surface area contributed by atoms with Crippen molar-refractivity contribution in [2.45, 2.75) is 45.7 Å². The highest BCUT2D eigenvalue weighted by Gasteiger charge is 2.36. The lowest BCUT2D eigenvalue weighted by Gasteiger charge is -2.31. The van der Waals surface area contributed by atoms with Crippen LogP contribution in [0.1, 0.15) is 56.0 Å². The van der Waals surface area contributed by atoms with Gasteiger partial charge in [0.05, 0.1) is 10.6 Å². The van der Waals surface area contributed by atoms with Crippen molar-refractivity contribution in [3.63, 3.8) is 0 Å². The van der Waals surface area contributed by atoms with Gasteiger partial charge in [-0.3, -0.25) is 4.79 Å². The third-order valence-electron chi connectivity index (χ3n) is 5.37. The van der Waals surface area contributed by atoms with Crippen molar-refractivity contribution in [2.75, 3.05) is 13.1 Å². The Kier molecular flexibility index (Phi) is 4.88. The van der Waals surface area contributed by atoms with Gasteiger partial charge in [0, 0.05) is 35.6 Å². The molecule has 9 heteroatoms. The number of aryl methyl sites for hydroxylation is 3. The van der Waals surface area contributed by atoms with Crippen LogP contribution in [0.5, 0.6) is 0 Å². The summed E-state index contributed by atoms with van der Waals surface area (Å²) in [4.78, 5) is 20.7. The van der Waals surface area contributed by atoms with Crippen molar-refractivity contribution in [2.24, 2.45) is 0 Å². The molecule has 0 aromatic carbocycles. The standard InChI is InChI=1S/C20H21F3N4OS/c1-11-7-16(29-13(11)3)19(28)26-6-4-5-14(10-26)15-9-18-24-12(2)8-17(20(21,22)23)27(18)25-15/h7-9,14H,4-6,10H2,1-3H3/t14-/m1/s1. The van der Waals surface area contributed by atoms with E-state index in [9.17, 15) is 18.0 Å². The highest BCUT2D eigenvalue weighted by molar-refractivity contribution is 7.14. The summed E-state index contributed by atoms with van der Waals surface area (Å²) in [6.45, 7) is 6.59. The van der Waals surface area contributed by atoms with Crippen LogP contribution in [0.3, 0.4) is 0 Å². The van der Waals surface area contributed by atoms with E-state index >= 15 is 0 Å². The first-order valence-corrected chi connectivity index (χ1v) is 10.3. The first-order chi connectivity index (χ1) is 13.6. The van der Waals surface area contributed by atoms with Crippen LogP contribution >= 0.6 is 11.3 Å². The molecule has 3 aromatic rings. The molecule has 1 fully saturated rings. The zero-order valence-electron chi connectivity index (χ0n) is 16.4. The molecule has 154 valence electrons. The normalized spacial score (nSPS) is 17.9. The Balaban J connectivity index is 1.63. The molecule has 4 heterocycles. The maximum Gasteiger partial charge on any atom is 0.433 e. The lowest BCUT2D eigenvalue weighted by Crippen LogP contribution is -2.38. The molecular formula is C20H21F3N4OS. The van der Waals surface area contributed by atoms with Crippen molar-refractivity contribution in [1.82, 2.24) is 19.5 Å². The molecule has 0 radical (unpaired) electrons. The summed E-state index contributed by atoms with van der Waals surface area (Å²) in [6.07, 6.45) is -2.96. The topological polar surface area (TPSA) is 50.5 Å². The molecule has 0 saturated carbocycles. The minimum Gasteiger partial charge on any atom is -0.337 e. The van der Waals surface area contributed by atoms with E-state index in [1.165, 1.54) is 18.3 Å². The summed E-state index contributed by atoms with van der Waals surface area (Å²) >= 11 is 1.48. The quantitative estimate of drug-likeness (QED) is 0.599. The zero-order valence-corrected chi connectivity index (χ0v) is 17.2. The molecule has 0 unspecified atom stereocenters. The molecule has 3 aromatic heterocycles. The summed E-state index contributed by atoms with van der Waals surface area (Å²) < 4.78 is 41.1. The van der Waals surface area contributed by atoms with Crippen LogP contribution in [0.2, 0.25) is 0 Å². The van der Waals surface area contributed by atoms with Crippen LogP contribution in [0.4, 0.5) is 13.2 Å². The number of rotatable bonds is 2. The van der Waals surface area contributed by atoms with E-state index in [1.807, 2.05) is 19.9 Å². The molecule has 1 amide bonds. The fourth-order valence-corrected chi connectivity index (χ4v) is 4.76. The van der Waals surface area contributed by atoms with E-state index < -0.39 is 11.9 Å². The third kappa shape index (κ3) is 3.75. The van der Waals surface area contributed by atoms with Crippen LogP contribution < -0.4 is 0 Å². The molecule has 29 heavy (non-hydrogen) atoms. The SMILES string of the molecule is Cc1cc(C(F)(F)F)n2nc([C@@H]3CCCN(C(=O)c4cc(C)c(C)s4)C3)cc2n1. The van der Waals surface area contributed by atoms with E-state index in [1.54, 1.807) is 11.0 Å². The highest BCUT2D eigenvalue weighted by atomic mass is 32.1. The Morgan fingerprint density at radius 1 is 1.21 bits per heavy atom. The van der Waals surface area contributed by atoms with E-state index in [2.05, 4.69) is 10.1 Å². The second-order valence-corrected chi connectivity index (χ2v) is 8.82. The van der Waals surface area contributed by atoms with Gasteiger partial charge in [0.25, 0.3) is 5.91 Å². The zero-order chi connectivity index (χ0) is 20.9. The number of nitrogens with zero attached hydrogens (tertiary/aromatic N) is 4. The van der Waals surface area contributed by atoms with Gasteiger partial charge in [-0.15, -0.1) is 11.3 Å². The summed E-state index contributed by atoms with van der Waals surface area (Å²) in [5.41, 5.74) is 1.28. The van der Waals surface area contributed by atoms with Gasteiger partial charge in [0.2, 0.25) is 0 Å². The largest absolute Gasteiger partial charge is 0.433 e. The molecule has 0 N–H and O–H groups in total. The fraction of sp³-hybridized carbons (Fsp3) is 0.450. The van der Waals surface area contributed by atoms with E-state index in [-0.39, 0.29) is 17.5 Å². The summed E-state index contributed by atoms with van der Waals surface area (Å²) in [5.74, 6) is -0.137. The number of fused-ring (bicyclic) bond motifs is 1. The Hall–Kier alpha value is -2.42. The van der Waals surface area contributed by atoms with Gasteiger partial charge >= 0.3 is 6.18 Å². The number of hydrogen-bond donors (Lipinski definition) is 0. The van der Waals surface area contributed by atoms with Gasteiger partial charge < -0.3 is 4.90 Å². The molecule has 1 saturated heterocycles.